The second-order valence-electron chi connectivity index (χ2n) is 5.31. The molecule has 0 radical (unpaired) electrons. The third-order valence-corrected chi connectivity index (χ3v) is 3.11. The first-order chi connectivity index (χ1) is 7.04. The van der Waals surface area contributed by atoms with Crippen LogP contribution in [0.1, 0.15) is 45.6 Å². The molecule has 2 nitrogen and oxygen atoms in total. The van der Waals surface area contributed by atoms with Gasteiger partial charge in [-0.05, 0) is 17.9 Å². The molecule has 1 aliphatic heterocycles. The summed E-state index contributed by atoms with van der Waals surface area (Å²) in [6, 6.07) is 4.15. The minimum atomic E-state index is 0.231. The molecule has 1 aromatic heterocycles. The average molecular weight is 205 g/mol. The highest BCUT2D eigenvalue weighted by Crippen LogP contribution is 2.47. The summed E-state index contributed by atoms with van der Waals surface area (Å²) >= 11 is 0. The highest BCUT2D eigenvalue weighted by atomic mass is 16.5. The van der Waals surface area contributed by atoms with E-state index >= 15 is 0 Å². The number of fused-ring (bicyclic) bond motifs is 1. The van der Waals surface area contributed by atoms with E-state index in [0.29, 0.717) is 5.92 Å². The number of nitrogens with zero attached hydrogens (tertiary/aromatic N) is 1. The van der Waals surface area contributed by atoms with Gasteiger partial charge < -0.3 is 4.74 Å². The highest BCUT2D eigenvalue weighted by Gasteiger charge is 2.41. The molecular formula is C13H19NO. The Morgan fingerprint density at radius 3 is 2.73 bits per heavy atom. The highest BCUT2D eigenvalue weighted by molar-refractivity contribution is 5.36. The quantitative estimate of drug-likeness (QED) is 0.701. The summed E-state index contributed by atoms with van der Waals surface area (Å²) in [5.74, 6) is 1.30. The maximum absolute atomic E-state index is 5.88. The van der Waals surface area contributed by atoms with E-state index in [4.69, 9.17) is 4.74 Å². The average Bonchev–Trinajstić information content (AvgIpc) is 2.54. The number of rotatable bonds is 1. The zero-order chi connectivity index (χ0) is 11.1. The Bertz CT molecular complexity index is 354. The van der Waals surface area contributed by atoms with Crippen molar-refractivity contribution in [1.82, 2.24) is 4.98 Å². The molecule has 2 rings (SSSR count). The van der Waals surface area contributed by atoms with Gasteiger partial charge >= 0.3 is 0 Å². The standard InChI is InChI=1S/C13H19NO/c1-5-10-11(13(2,3)4)9-7-6-8-14-12(9)15-10/h6-8,10-11H,5H2,1-4H3. The Kier molecular flexibility index (Phi) is 2.45. The fourth-order valence-corrected chi connectivity index (χ4v) is 2.49. The Balaban J connectivity index is 2.43. The minimum absolute atomic E-state index is 0.231. The molecule has 15 heavy (non-hydrogen) atoms. The Hall–Kier alpha value is -1.05. The minimum Gasteiger partial charge on any atom is -0.473 e. The van der Waals surface area contributed by atoms with Crippen LogP contribution in [0.3, 0.4) is 0 Å². The van der Waals surface area contributed by atoms with Crippen LogP contribution in [0.25, 0.3) is 0 Å². The molecule has 0 bridgehead atoms. The summed E-state index contributed by atoms with van der Waals surface area (Å²) in [6.45, 7) is 8.98. The third-order valence-electron chi connectivity index (χ3n) is 3.11. The van der Waals surface area contributed by atoms with Crippen molar-refractivity contribution in [2.75, 3.05) is 0 Å². The lowest BCUT2D eigenvalue weighted by Crippen LogP contribution is -2.28. The van der Waals surface area contributed by atoms with Gasteiger partial charge in [-0.3, -0.25) is 0 Å². The van der Waals surface area contributed by atoms with E-state index in [1.54, 1.807) is 6.20 Å². The third kappa shape index (κ3) is 1.73. The fraction of sp³-hybridized carbons (Fsp3) is 0.615. The topological polar surface area (TPSA) is 22.1 Å². The van der Waals surface area contributed by atoms with Crippen LogP contribution < -0.4 is 4.74 Å². The molecule has 82 valence electrons. The van der Waals surface area contributed by atoms with Gasteiger partial charge in [0.2, 0.25) is 5.88 Å². The summed E-state index contributed by atoms with van der Waals surface area (Å²) < 4.78 is 5.88. The molecule has 0 spiro atoms. The van der Waals surface area contributed by atoms with Crippen molar-refractivity contribution >= 4 is 0 Å². The molecule has 0 aromatic carbocycles. The van der Waals surface area contributed by atoms with Gasteiger partial charge in [-0.15, -0.1) is 0 Å². The molecule has 0 aliphatic carbocycles. The molecule has 0 fully saturated rings. The van der Waals surface area contributed by atoms with E-state index in [1.807, 2.05) is 6.07 Å². The van der Waals surface area contributed by atoms with Crippen LogP contribution in [0, 0.1) is 5.41 Å². The number of ether oxygens (including phenoxy) is 1. The van der Waals surface area contributed by atoms with Crippen LogP contribution in [0.5, 0.6) is 5.88 Å². The molecule has 2 heterocycles. The van der Waals surface area contributed by atoms with Gasteiger partial charge in [-0.1, -0.05) is 33.8 Å². The van der Waals surface area contributed by atoms with Gasteiger partial charge in [0.25, 0.3) is 0 Å². The number of aromatic nitrogens is 1. The van der Waals surface area contributed by atoms with Crippen LogP contribution in [-0.2, 0) is 0 Å². The van der Waals surface area contributed by atoms with Crippen molar-refractivity contribution in [2.24, 2.45) is 5.41 Å². The maximum atomic E-state index is 5.88. The Labute approximate surface area is 91.7 Å². The first-order valence-corrected chi connectivity index (χ1v) is 5.65. The lowest BCUT2D eigenvalue weighted by atomic mass is 9.74. The van der Waals surface area contributed by atoms with Gasteiger partial charge in [0.1, 0.15) is 6.10 Å². The van der Waals surface area contributed by atoms with Gasteiger partial charge in [0.05, 0.1) is 0 Å². The molecule has 2 atom stereocenters. The second-order valence-corrected chi connectivity index (χ2v) is 5.31. The summed E-state index contributed by atoms with van der Waals surface area (Å²) in [7, 11) is 0. The summed E-state index contributed by atoms with van der Waals surface area (Å²) in [4.78, 5) is 4.30. The maximum Gasteiger partial charge on any atom is 0.217 e. The summed E-state index contributed by atoms with van der Waals surface area (Å²) in [5, 5.41) is 0. The van der Waals surface area contributed by atoms with Gasteiger partial charge in [-0.2, -0.15) is 0 Å². The normalized spacial score (nSPS) is 24.8. The van der Waals surface area contributed by atoms with Crippen molar-refractivity contribution in [1.29, 1.82) is 0 Å². The molecule has 0 amide bonds. The van der Waals surface area contributed by atoms with Crippen molar-refractivity contribution < 1.29 is 4.74 Å². The second kappa shape index (κ2) is 3.51. The first kappa shape index (κ1) is 10.5. The van der Waals surface area contributed by atoms with Crippen molar-refractivity contribution in [2.45, 2.75) is 46.1 Å². The van der Waals surface area contributed by atoms with Gasteiger partial charge in [0.15, 0.2) is 0 Å². The first-order valence-electron chi connectivity index (χ1n) is 5.65. The van der Waals surface area contributed by atoms with E-state index in [1.165, 1.54) is 5.56 Å². The van der Waals surface area contributed by atoms with Crippen LogP contribution in [-0.4, -0.2) is 11.1 Å². The van der Waals surface area contributed by atoms with Crippen molar-refractivity contribution in [3.8, 4) is 5.88 Å². The van der Waals surface area contributed by atoms with Crippen LogP contribution in [0.15, 0.2) is 18.3 Å². The Morgan fingerprint density at radius 2 is 2.13 bits per heavy atom. The number of pyridine rings is 1. The van der Waals surface area contributed by atoms with Crippen molar-refractivity contribution in [3.63, 3.8) is 0 Å². The smallest absolute Gasteiger partial charge is 0.217 e. The molecule has 2 unspecified atom stereocenters. The van der Waals surface area contributed by atoms with Crippen LogP contribution in [0.2, 0.25) is 0 Å². The fourth-order valence-electron chi connectivity index (χ4n) is 2.49. The van der Waals surface area contributed by atoms with E-state index in [-0.39, 0.29) is 11.5 Å². The van der Waals surface area contributed by atoms with E-state index in [2.05, 4.69) is 38.7 Å². The molecule has 0 saturated carbocycles. The largest absolute Gasteiger partial charge is 0.473 e. The predicted molar refractivity (Wildman–Crippen MR) is 61.1 cm³/mol. The van der Waals surface area contributed by atoms with Crippen molar-refractivity contribution in [3.05, 3.63) is 23.9 Å². The lowest BCUT2D eigenvalue weighted by molar-refractivity contribution is 0.139. The predicted octanol–water partition coefficient (Wildman–Crippen LogP) is 3.38. The zero-order valence-electron chi connectivity index (χ0n) is 9.95. The number of hydrogen-bond acceptors (Lipinski definition) is 2. The van der Waals surface area contributed by atoms with Crippen LogP contribution >= 0.6 is 0 Å². The SMILES string of the molecule is CCC1Oc2ncccc2C1C(C)(C)C. The molecule has 0 N–H and O–H groups in total. The van der Waals surface area contributed by atoms with E-state index < -0.39 is 0 Å². The lowest BCUT2D eigenvalue weighted by Gasteiger charge is -2.30. The molecule has 2 heteroatoms. The van der Waals surface area contributed by atoms with Gasteiger partial charge in [-0.25, -0.2) is 4.98 Å². The number of hydrogen-bond donors (Lipinski definition) is 0. The molecular weight excluding hydrogens is 186 g/mol. The van der Waals surface area contributed by atoms with Gasteiger partial charge in [0, 0.05) is 17.7 Å². The molecule has 1 aliphatic rings. The monoisotopic (exact) mass is 205 g/mol. The molecule has 0 saturated heterocycles. The molecule has 1 aromatic rings. The van der Waals surface area contributed by atoms with E-state index in [0.717, 1.165) is 12.3 Å². The Morgan fingerprint density at radius 1 is 1.40 bits per heavy atom. The summed E-state index contributed by atoms with van der Waals surface area (Å²) in [5.41, 5.74) is 1.51. The van der Waals surface area contributed by atoms with E-state index in [9.17, 15) is 0 Å². The zero-order valence-corrected chi connectivity index (χ0v) is 9.95. The summed E-state index contributed by atoms with van der Waals surface area (Å²) in [6.07, 6.45) is 3.13. The van der Waals surface area contributed by atoms with Crippen LogP contribution in [0.4, 0.5) is 0 Å².